The van der Waals surface area contributed by atoms with Gasteiger partial charge in [-0.1, -0.05) is 0 Å². The SMILES string of the molecule is CN(C)CCOCCNS(=O)(=O)c1ccc(C#N)cc1. The van der Waals surface area contributed by atoms with Gasteiger partial charge in [0.1, 0.15) is 0 Å². The minimum Gasteiger partial charge on any atom is -0.379 e. The van der Waals surface area contributed by atoms with Gasteiger partial charge in [-0.2, -0.15) is 5.26 Å². The predicted octanol–water partition coefficient (Wildman–Crippen LogP) is 0.415. The van der Waals surface area contributed by atoms with Gasteiger partial charge in [0, 0.05) is 13.1 Å². The molecule has 0 aliphatic heterocycles. The number of hydrogen-bond acceptors (Lipinski definition) is 5. The topological polar surface area (TPSA) is 82.4 Å². The Morgan fingerprint density at radius 2 is 1.90 bits per heavy atom. The fourth-order valence-electron chi connectivity index (χ4n) is 1.39. The second kappa shape index (κ2) is 7.97. The van der Waals surface area contributed by atoms with Crippen molar-refractivity contribution in [2.45, 2.75) is 4.90 Å². The summed E-state index contributed by atoms with van der Waals surface area (Å²) < 4.78 is 31.6. The van der Waals surface area contributed by atoms with E-state index in [1.54, 1.807) is 0 Å². The number of likely N-dealkylation sites (N-methyl/N-ethyl adjacent to an activating group) is 1. The average Bonchev–Trinajstić information content (AvgIpc) is 2.42. The van der Waals surface area contributed by atoms with Gasteiger partial charge in [0.15, 0.2) is 0 Å². The first kappa shape index (κ1) is 16.6. The second-order valence-electron chi connectivity index (χ2n) is 4.45. The second-order valence-corrected chi connectivity index (χ2v) is 6.22. The number of sulfonamides is 1. The molecule has 0 atom stereocenters. The number of nitrogens with one attached hydrogen (secondary N) is 1. The Balaban J connectivity index is 2.40. The Hall–Kier alpha value is -1.46. The van der Waals surface area contributed by atoms with Gasteiger partial charge in [0.25, 0.3) is 0 Å². The molecule has 0 saturated heterocycles. The first-order chi connectivity index (χ1) is 9.45. The lowest BCUT2D eigenvalue weighted by molar-refractivity contribution is 0.122. The molecular weight excluding hydrogens is 278 g/mol. The van der Waals surface area contributed by atoms with Crippen molar-refractivity contribution < 1.29 is 13.2 Å². The fourth-order valence-corrected chi connectivity index (χ4v) is 2.40. The summed E-state index contributed by atoms with van der Waals surface area (Å²) in [7, 11) is 0.344. The molecule has 6 nitrogen and oxygen atoms in total. The minimum absolute atomic E-state index is 0.143. The van der Waals surface area contributed by atoms with Crippen molar-refractivity contribution in [3.05, 3.63) is 29.8 Å². The molecule has 1 aromatic rings. The zero-order valence-corrected chi connectivity index (χ0v) is 12.5. The maximum absolute atomic E-state index is 11.9. The molecule has 0 unspecified atom stereocenters. The highest BCUT2D eigenvalue weighted by Crippen LogP contribution is 2.09. The number of rotatable bonds is 8. The summed E-state index contributed by atoms with van der Waals surface area (Å²) in [4.78, 5) is 2.13. The van der Waals surface area contributed by atoms with E-state index in [1.165, 1.54) is 24.3 Å². The lowest BCUT2D eigenvalue weighted by Crippen LogP contribution is -2.28. The van der Waals surface area contributed by atoms with Crippen LogP contribution < -0.4 is 4.72 Å². The van der Waals surface area contributed by atoms with Crippen LogP contribution in [0.4, 0.5) is 0 Å². The van der Waals surface area contributed by atoms with E-state index in [9.17, 15) is 8.42 Å². The monoisotopic (exact) mass is 297 g/mol. The summed E-state index contributed by atoms with van der Waals surface area (Å²) in [5.41, 5.74) is 0.427. The van der Waals surface area contributed by atoms with Crippen LogP contribution in [-0.4, -0.2) is 53.7 Å². The minimum atomic E-state index is -3.54. The highest BCUT2D eigenvalue weighted by molar-refractivity contribution is 7.89. The van der Waals surface area contributed by atoms with E-state index in [0.717, 1.165) is 6.54 Å². The molecule has 7 heteroatoms. The number of nitriles is 1. The number of hydrogen-bond donors (Lipinski definition) is 1. The summed E-state index contributed by atoms with van der Waals surface area (Å²) in [6.45, 7) is 1.90. The lowest BCUT2D eigenvalue weighted by atomic mass is 10.2. The molecule has 1 rings (SSSR count). The van der Waals surface area contributed by atoms with Crippen LogP contribution in [-0.2, 0) is 14.8 Å². The third-order valence-electron chi connectivity index (χ3n) is 2.52. The molecule has 0 radical (unpaired) electrons. The standard InChI is InChI=1S/C13H19N3O3S/c1-16(2)8-10-19-9-7-15-20(17,18)13-5-3-12(11-14)4-6-13/h3-6,15H,7-10H2,1-2H3. The Bertz CT molecular complexity index is 547. The van der Waals surface area contributed by atoms with Gasteiger partial charge < -0.3 is 9.64 Å². The Labute approximate surface area is 120 Å². The highest BCUT2D eigenvalue weighted by atomic mass is 32.2. The molecule has 0 aliphatic rings. The van der Waals surface area contributed by atoms with Crippen LogP contribution >= 0.6 is 0 Å². The lowest BCUT2D eigenvalue weighted by Gasteiger charge is -2.10. The Morgan fingerprint density at radius 3 is 2.45 bits per heavy atom. The van der Waals surface area contributed by atoms with Gasteiger partial charge in [0.2, 0.25) is 10.0 Å². The zero-order chi connectivity index (χ0) is 15.0. The maximum atomic E-state index is 11.9. The van der Waals surface area contributed by atoms with Crippen LogP contribution in [0, 0.1) is 11.3 Å². The fraction of sp³-hybridized carbons (Fsp3) is 0.462. The number of ether oxygens (including phenoxy) is 1. The van der Waals surface area contributed by atoms with Gasteiger partial charge in [-0.05, 0) is 38.4 Å². The molecule has 1 aromatic carbocycles. The van der Waals surface area contributed by atoms with Crippen LogP contribution in [0.3, 0.4) is 0 Å². The Morgan fingerprint density at radius 1 is 1.25 bits per heavy atom. The van der Waals surface area contributed by atoms with E-state index >= 15 is 0 Å². The molecule has 0 saturated carbocycles. The van der Waals surface area contributed by atoms with Crippen molar-refractivity contribution >= 4 is 10.0 Å². The van der Waals surface area contributed by atoms with Gasteiger partial charge in [0.05, 0.1) is 29.7 Å². The van der Waals surface area contributed by atoms with Crippen molar-refractivity contribution in [2.75, 3.05) is 40.4 Å². The average molecular weight is 297 g/mol. The summed E-state index contributed by atoms with van der Waals surface area (Å²) in [5, 5.41) is 8.66. The van der Waals surface area contributed by atoms with Crippen LogP contribution in [0.5, 0.6) is 0 Å². The molecule has 1 N–H and O–H groups in total. The summed E-state index contributed by atoms with van der Waals surface area (Å²) >= 11 is 0. The molecule has 0 aliphatic carbocycles. The molecule has 0 fully saturated rings. The van der Waals surface area contributed by atoms with E-state index in [1.807, 2.05) is 25.1 Å². The third kappa shape index (κ3) is 5.67. The molecule has 20 heavy (non-hydrogen) atoms. The van der Waals surface area contributed by atoms with Crippen LogP contribution in [0.2, 0.25) is 0 Å². The van der Waals surface area contributed by atoms with Crippen LogP contribution in [0.1, 0.15) is 5.56 Å². The van der Waals surface area contributed by atoms with E-state index in [2.05, 4.69) is 4.72 Å². The van der Waals surface area contributed by atoms with E-state index in [0.29, 0.717) is 18.8 Å². The third-order valence-corrected chi connectivity index (χ3v) is 3.99. The van der Waals surface area contributed by atoms with Crippen molar-refractivity contribution in [3.63, 3.8) is 0 Å². The van der Waals surface area contributed by atoms with Gasteiger partial charge in [-0.15, -0.1) is 0 Å². The van der Waals surface area contributed by atoms with E-state index in [-0.39, 0.29) is 11.4 Å². The van der Waals surface area contributed by atoms with Gasteiger partial charge in [-0.25, -0.2) is 13.1 Å². The zero-order valence-electron chi connectivity index (χ0n) is 11.7. The molecule has 0 bridgehead atoms. The van der Waals surface area contributed by atoms with Gasteiger partial charge >= 0.3 is 0 Å². The van der Waals surface area contributed by atoms with Crippen molar-refractivity contribution in [3.8, 4) is 6.07 Å². The maximum Gasteiger partial charge on any atom is 0.240 e. The van der Waals surface area contributed by atoms with Crippen molar-refractivity contribution in [1.82, 2.24) is 9.62 Å². The van der Waals surface area contributed by atoms with Crippen LogP contribution in [0.15, 0.2) is 29.2 Å². The summed E-state index contributed by atoms with van der Waals surface area (Å²) in [6, 6.07) is 7.71. The smallest absolute Gasteiger partial charge is 0.240 e. The number of benzene rings is 1. The number of nitrogens with zero attached hydrogens (tertiary/aromatic N) is 2. The van der Waals surface area contributed by atoms with Crippen molar-refractivity contribution in [2.24, 2.45) is 0 Å². The molecule has 110 valence electrons. The van der Waals surface area contributed by atoms with E-state index < -0.39 is 10.0 Å². The highest BCUT2D eigenvalue weighted by Gasteiger charge is 2.12. The Kier molecular flexibility index (Phi) is 6.61. The summed E-state index contributed by atoms with van der Waals surface area (Å²) in [5.74, 6) is 0. The first-order valence-electron chi connectivity index (χ1n) is 6.18. The largest absolute Gasteiger partial charge is 0.379 e. The van der Waals surface area contributed by atoms with Gasteiger partial charge in [-0.3, -0.25) is 0 Å². The van der Waals surface area contributed by atoms with Crippen molar-refractivity contribution in [1.29, 1.82) is 5.26 Å². The quantitative estimate of drug-likeness (QED) is 0.703. The first-order valence-corrected chi connectivity index (χ1v) is 7.66. The molecule has 0 aromatic heterocycles. The summed E-state index contributed by atoms with van der Waals surface area (Å²) in [6.07, 6.45) is 0. The van der Waals surface area contributed by atoms with Crippen LogP contribution in [0.25, 0.3) is 0 Å². The normalized spacial score (nSPS) is 11.5. The van der Waals surface area contributed by atoms with E-state index in [4.69, 9.17) is 10.00 Å². The molecule has 0 amide bonds. The molecule has 0 heterocycles. The molecular formula is C13H19N3O3S. The predicted molar refractivity (Wildman–Crippen MR) is 75.7 cm³/mol. The molecule has 0 spiro atoms.